The molecule has 0 saturated heterocycles. The van der Waals surface area contributed by atoms with Gasteiger partial charge >= 0.3 is 8.16 Å². The maximum atomic E-state index is 7.57. The number of benzene rings is 8. The van der Waals surface area contributed by atoms with Gasteiger partial charge in [0, 0.05) is 33.6 Å². The lowest BCUT2D eigenvalue weighted by Crippen LogP contribution is -2.27. The molecule has 1 aromatic heterocycles. The monoisotopic (exact) mass is 691 g/mol. The lowest BCUT2D eigenvalue weighted by Gasteiger charge is -2.31. The van der Waals surface area contributed by atoms with Crippen LogP contribution in [-0.4, -0.2) is 0 Å². The summed E-state index contributed by atoms with van der Waals surface area (Å²) in [6, 6.07) is 64.6. The average molecular weight is 692 g/mol. The van der Waals surface area contributed by atoms with E-state index in [0.29, 0.717) is 0 Å². The molecule has 2 atom stereocenters. The second-order valence-corrected chi connectivity index (χ2v) is 14.7. The van der Waals surface area contributed by atoms with E-state index in [0.717, 1.165) is 65.7 Å². The van der Waals surface area contributed by atoms with Crippen LogP contribution in [0.3, 0.4) is 0 Å². The molecule has 0 aliphatic carbocycles. The van der Waals surface area contributed by atoms with Crippen LogP contribution in [-0.2, 0) is 0 Å². The summed E-state index contributed by atoms with van der Waals surface area (Å²) in [4.78, 5) is 0. The van der Waals surface area contributed by atoms with Gasteiger partial charge in [0.15, 0.2) is 11.2 Å². The zero-order valence-electron chi connectivity index (χ0n) is 29.2. The van der Waals surface area contributed by atoms with E-state index in [9.17, 15) is 0 Å². The molecule has 52 heavy (non-hydrogen) atoms. The molecule has 1 heterocycles. The van der Waals surface area contributed by atoms with Gasteiger partial charge < -0.3 is 8.39 Å². The fourth-order valence-electron chi connectivity index (χ4n) is 7.66. The molecule has 8 aromatic carbocycles. The average Bonchev–Trinajstić information content (AvgIpc) is 3.39. The van der Waals surface area contributed by atoms with E-state index in [1.165, 1.54) is 11.1 Å². The molecular formula is C48H38NO2P. The quantitative estimate of drug-likeness (QED) is 0.167. The highest BCUT2D eigenvalue weighted by Crippen LogP contribution is 2.51. The number of nitrogens with zero attached hydrogens (tertiary/aromatic N) is 1. The highest BCUT2D eigenvalue weighted by molar-refractivity contribution is 7.39. The van der Waals surface area contributed by atoms with Crippen LogP contribution in [0.15, 0.2) is 190 Å². The van der Waals surface area contributed by atoms with Gasteiger partial charge in [-0.3, -0.25) is 0 Å². The first-order valence-electron chi connectivity index (χ1n) is 17.9. The normalized spacial score (nSPS) is 12.8. The van der Waals surface area contributed by atoms with Crippen LogP contribution in [0.25, 0.3) is 65.7 Å². The van der Waals surface area contributed by atoms with E-state index < -0.39 is 8.16 Å². The summed E-state index contributed by atoms with van der Waals surface area (Å²) in [7, 11) is -1.74. The molecule has 3 nitrogen and oxygen atoms in total. The van der Waals surface area contributed by atoms with E-state index >= 15 is 0 Å². The van der Waals surface area contributed by atoms with Crippen LogP contribution < -0.4 is 4.67 Å². The molecule has 9 rings (SSSR count). The van der Waals surface area contributed by atoms with Crippen LogP contribution in [0.2, 0.25) is 0 Å². The van der Waals surface area contributed by atoms with Gasteiger partial charge in [-0.15, -0.1) is 0 Å². The Bertz CT molecular complexity index is 2520. The van der Waals surface area contributed by atoms with Gasteiger partial charge in [0.25, 0.3) is 0 Å². The summed E-state index contributed by atoms with van der Waals surface area (Å²) in [5.74, 6) is 0. The van der Waals surface area contributed by atoms with E-state index in [-0.39, 0.29) is 12.1 Å². The molecule has 0 unspecified atom stereocenters. The topological polar surface area (TPSA) is 29.5 Å². The van der Waals surface area contributed by atoms with Crippen molar-refractivity contribution in [3.8, 4) is 22.3 Å². The summed E-state index contributed by atoms with van der Waals surface area (Å²) in [5.41, 5.74) is 8.59. The summed E-state index contributed by atoms with van der Waals surface area (Å²) in [6.45, 7) is 4.54. The summed E-state index contributed by atoms with van der Waals surface area (Å²) < 4.78 is 17.6. The molecule has 4 heteroatoms. The Morgan fingerprint density at radius 3 is 1.17 bits per heavy atom. The van der Waals surface area contributed by atoms with E-state index in [4.69, 9.17) is 8.39 Å². The lowest BCUT2D eigenvalue weighted by atomic mass is 9.90. The highest BCUT2D eigenvalue weighted by atomic mass is 31.1. The SMILES string of the molecule is C[C@H](c1ccccc1)N([C@H](C)c1ccccc1)p1oc2c3ccccc3cc(-c3ccccc3)c2c2c(-c3ccccc3)cc3ccccc3c2o1. The number of rotatable bonds is 7. The first kappa shape index (κ1) is 32.1. The second kappa shape index (κ2) is 13.7. The minimum absolute atomic E-state index is 0.0281. The molecule has 0 spiro atoms. The maximum absolute atomic E-state index is 7.57. The molecule has 0 fully saturated rings. The van der Waals surface area contributed by atoms with Gasteiger partial charge in [-0.25, -0.2) is 0 Å². The molecule has 9 aromatic rings. The Labute approximate surface area is 305 Å². The first-order valence-corrected chi connectivity index (χ1v) is 19.1. The Morgan fingerprint density at radius 2 is 0.769 bits per heavy atom. The van der Waals surface area contributed by atoms with Crippen molar-refractivity contribution < 1.29 is 8.39 Å². The molecular weight excluding hydrogens is 654 g/mol. The van der Waals surface area contributed by atoms with Gasteiger partial charge in [-0.05, 0) is 70.1 Å². The van der Waals surface area contributed by atoms with Crippen molar-refractivity contribution in [3.63, 3.8) is 0 Å². The van der Waals surface area contributed by atoms with Gasteiger partial charge in [0.2, 0.25) is 0 Å². The minimum Gasteiger partial charge on any atom is -0.407 e. The van der Waals surface area contributed by atoms with Crippen molar-refractivity contribution >= 4 is 51.6 Å². The van der Waals surface area contributed by atoms with Gasteiger partial charge in [-0.2, -0.15) is 4.67 Å². The van der Waals surface area contributed by atoms with Crippen LogP contribution >= 0.6 is 8.16 Å². The maximum Gasteiger partial charge on any atom is 0.310 e. The van der Waals surface area contributed by atoms with Gasteiger partial charge in [0.05, 0.1) is 0 Å². The molecule has 0 aliphatic heterocycles. The highest BCUT2D eigenvalue weighted by Gasteiger charge is 2.30. The summed E-state index contributed by atoms with van der Waals surface area (Å²) >= 11 is 0. The van der Waals surface area contributed by atoms with Crippen molar-refractivity contribution in [1.29, 1.82) is 0 Å². The van der Waals surface area contributed by atoms with Crippen molar-refractivity contribution in [3.05, 3.63) is 193 Å². The van der Waals surface area contributed by atoms with Crippen LogP contribution in [0.5, 0.6) is 0 Å². The molecule has 0 saturated carbocycles. The fraction of sp³-hybridized carbons (Fsp3) is 0.0833. The Hall–Kier alpha value is -5.86. The third-order valence-corrected chi connectivity index (χ3v) is 12.1. The predicted molar refractivity (Wildman–Crippen MR) is 220 cm³/mol. The van der Waals surface area contributed by atoms with Gasteiger partial charge in [0.1, 0.15) is 0 Å². The molecule has 0 N–H and O–H groups in total. The second-order valence-electron chi connectivity index (χ2n) is 13.4. The van der Waals surface area contributed by atoms with Crippen LogP contribution in [0.1, 0.15) is 37.1 Å². The van der Waals surface area contributed by atoms with Crippen molar-refractivity contribution in [2.45, 2.75) is 25.9 Å². The van der Waals surface area contributed by atoms with Crippen LogP contribution in [0, 0.1) is 0 Å². The molecule has 0 aliphatic rings. The summed E-state index contributed by atoms with van der Waals surface area (Å²) in [6.07, 6.45) is 0. The molecule has 252 valence electrons. The smallest absolute Gasteiger partial charge is 0.310 e. The minimum atomic E-state index is -1.74. The number of fused-ring (bicyclic) bond motifs is 7. The van der Waals surface area contributed by atoms with Crippen LogP contribution in [0.4, 0.5) is 0 Å². The molecule has 0 radical (unpaired) electrons. The van der Waals surface area contributed by atoms with E-state index in [2.05, 4.69) is 201 Å². The third-order valence-electron chi connectivity index (χ3n) is 10.3. The predicted octanol–water partition coefficient (Wildman–Crippen LogP) is 14.4. The van der Waals surface area contributed by atoms with Crippen molar-refractivity contribution in [2.24, 2.45) is 0 Å². The first-order chi connectivity index (χ1) is 25.7. The summed E-state index contributed by atoms with van der Waals surface area (Å²) in [5, 5.41) is 6.47. The zero-order valence-corrected chi connectivity index (χ0v) is 30.1. The fourth-order valence-corrected chi connectivity index (χ4v) is 9.41. The van der Waals surface area contributed by atoms with Crippen molar-refractivity contribution in [2.75, 3.05) is 4.67 Å². The zero-order chi connectivity index (χ0) is 35.0. The van der Waals surface area contributed by atoms with E-state index in [1.807, 2.05) is 0 Å². The molecule has 0 bridgehead atoms. The van der Waals surface area contributed by atoms with Gasteiger partial charge in [-0.1, -0.05) is 170 Å². The Morgan fingerprint density at radius 1 is 0.423 bits per heavy atom. The lowest BCUT2D eigenvalue weighted by molar-refractivity contribution is 0.560. The largest absolute Gasteiger partial charge is 0.407 e. The van der Waals surface area contributed by atoms with Crippen molar-refractivity contribution in [1.82, 2.24) is 0 Å². The molecule has 0 amide bonds. The number of hydrogen-bond acceptors (Lipinski definition) is 3. The van der Waals surface area contributed by atoms with E-state index in [1.54, 1.807) is 0 Å². The number of hydrogen-bond donors (Lipinski definition) is 0. The third kappa shape index (κ3) is 5.69. The Kier molecular flexibility index (Phi) is 8.45. The Balaban J connectivity index is 1.52. The standard InChI is InChI=1S/C48H38NO2P/c1-33(35-19-7-3-8-20-35)49(34(2)36-21-9-4-10-22-36)52-50-47-41-29-17-15-27-39(41)31-43(37-23-11-5-12-24-37)45(47)46-44(38-25-13-6-14-26-38)32-40-28-16-18-30-42(40)48(46)51-52/h3-34H,1-2H3/t33-,34-/m1/s1.